The average Bonchev–Trinajstić information content (AvgIpc) is 2.75. The molecule has 1 atom stereocenters. The topological polar surface area (TPSA) is 29.9 Å². The van der Waals surface area contributed by atoms with Gasteiger partial charge in [-0.25, -0.2) is 9.37 Å². The van der Waals surface area contributed by atoms with Gasteiger partial charge in [-0.3, -0.25) is 0 Å². The predicted molar refractivity (Wildman–Crippen MR) is 72.0 cm³/mol. The van der Waals surface area contributed by atoms with Crippen molar-refractivity contribution in [2.45, 2.75) is 46.3 Å². The summed E-state index contributed by atoms with van der Waals surface area (Å²) in [6.45, 7) is 7.81. The molecule has 1 aromatic heterocycles. The van der Waals surface area contributed by atoms with E-state index < -0.39 is 0 Å². The number of halogens is 1. The zero-order valence-electron chi connectivity index (χ0n) is 11.2. The number of hydrogen-bond acceptors (Lipinski definition) is 2. The fraction of sp³-hybridized carbons (Fsp3) is 0.500. The maximum atomic E-state index is 13.7. The number of rotatable bonds is 5. The van der Waals surface area contributed by atoms with E-state index in [1.165, 1.54) is 6.07 Å². The van der Waals surface area contributed by atoms with Crippen molar-refractivity contribution in [3.63, 3.8) is 0 Å². The summed E-state index contributed by atoms with van der Waals surface area (Å²) < 4.78 is 15.7. The lowest BCUT2D eigenvalue weighted by Crippen LogP contribution is -2.26. The van der Waals surface area contributed by atoms with Gasteiger partial charge in [-0.1, -0.05) is 13.0 Å². The van der Waals surface area contributed by atoms with E-state index in [1.807, 2.05) is 6.07 Å². The third-order valence-electron chi connectivity index (χ3n) is 3.35. The molecule has 0 saturated carbocycles. The largest absolute Gasteiger partial charge is 0.327 e. The molecule has 18 heavy (non-hydrogen) atoms. The van der Waals surface area contributed by atoms with Crippen LogP contribution >= 0.6 is 0 Å². The molecule has 1 heterocycles. The molecule has 0 saturated heterocycles. The molecular weight excluding hydrogens is 229 g/mol. The van der Waals surface area contributed by atoms with Gasteiger partial charge in [-0.2, -0.15) is 0 Å². The van der Waals surface area contributed by atoms with Gasteiger partial charge in [0.25, 0.3) is 0 Å². The Morgan fingerprint density at radius 1 is 1.39 bits per heavy atom. The van der Waals surface area contributed by atoms with Gasteiger partial charge in [-0.15, -0.1) is 0 Å². The van der Waals surface area contributed by atoms with Crippen LogP contribution in [0.25, 0.3) is 11.0 Å². The number of para-hydroxylation sites is 1. The number of benzene rings is 1. The molecule has 0 fully saturated rings. The molecule has 4 heteroatoms. The number of fused-ring (bicyclic) bond motifs is 1. The highest BCUT2D eigenvalue weighted by atomic mass is 19.1. The van der Waals surface area contributed by atoms with E-state index in [1.54, 1.807) is 6.07 Å². The van der Waals surface area contributed by atoms with Gasteiger partial charge < -0.3 is 9.88 Å². The van der Waals surface area contributed by atoms with Crippen molar-refractivity contribution in [3.05, 3.63) is 29.8 Å². The Morgan fingerprint density at radius 2 is 2.17 bits per heavy atom. The van der Waals surface area contributed by atoms with Gasteiger partial charge in [0.2, 0.25) is 0 Å². The smallest absolute Gasteiger partial charge is 0.151 e. The van der Waals surface area contributed by atoms with Crippen LogP contribution in [-0.4, -0.2) is 15.6 Å². The monoisotopic (exact) mass is 249 g/mol. The Kier molecular flexibility index (Phi) is 3.97. The number of imidazole rings is 1. The van der Waals surface area contributed by atoms with Crippen molar-refractivity contribution in [2.24, 2.45) is 0 Å². The first kappa shape index (κ1) is 13.0. The number of nitrogens with zero attached hydrogens (tertiary/aromatic N) is 2. The Hall–Kier alpha value is -1.42. The number of aromatic nitrogens is 2. The normalized spacial score (nSPS) is 13.1. The Labute approximate surface area is 107 Å². The lowest BCUT2D eigenvalue weighted by molar-refractivity contribution is 0.512. The van der Waals surface area contributed by atoms with Crippen LogP contribution in [0.2, 0.25) is 0 Å². The lowest BCUT2D eigenvalue weighted by atomic mass is 10.2. The highest BCUT2D eigenvalue weighted by Gasteiger charge is 2.12. The zero-order chi connectivity index (χ0) is 13.1. The highest BCUT2D eigenvalue weighted by molar-refractivity contribution is 5.76. The van der Waals surface area contributed by atoms with Crippen LogP contribution in [0.1, 0.15) is 33.0 Å². The molecule has 0 spiro atoms. The zero-order valence-corrected chi connectivity index (χ0v) is 11.2. The van der Waals surface area contributed by atoms with Gasteiger partial charge in [-0.05, 0) is 32.4 Å². The van der Waals surface area contributed by atoms with E-state index in [0.717, 1.165) is 24.3 Å². The average molecular weight is 249 g/mol. The van der Waals surface area contributed by atoms with E-state index in [4.69, 9.17) is 0 Å². The summed E-state index contributed by atoms with van der Waals surface area (Å²) in [6.07, 6.45) is 1.07. The standard InChI is InChI=1S/C14H20FN3/c1-4-10(3)16-9-13-17-14-11(15)7-6-8-12(14)18(13)5-2/h6-8,10,16H,4-5,9H2,1-3H3. The molecule has 2 aromatic rings. The summed E-state index contributed by atoms with van der Waals surface area (Å²) in [5.74, 6) is 0.655. The maximum Gasteiger partial charge on any atom is 0.151 e. The summed E-state index contributed by atoms with van der Waals surface area (Å²) in [6, 6.07) is 5.56. The van der Waals surface area contributed by atoms with Crippen LogP contribution < -0.4 is 5.32 Å². The highest BCUT2D eigenvalue weighted by Crippen LogP contribution is 2.19. The van der Waals surface area contributed by atoms with Crippen LogP contribution in [0, 0.1) is 5.82 Å². The number of hydrogen-bond donors (Lipinski definition) is 1. The van der Waals surface area contributed by atoms with E-state index in [-0.39, 0.29) is 5.82 Å². The first-order valence-electron chi connectivity index (χ1n) is 6.54. The molecule has 2 rings (SSSR count). The first-order valence-corrected chi connectivity index (χ1v) is 6.54. The number of aryl methyl sites for hydroxylation is 1. The van der Waals surface area contributed by atoms with Crippen LogP contribution in [0.3, 0.4) is 0 Å². The fourth-order valence-electron chi connectivity index (χ4n) is 2.06. The van der Waals surface area contributed by atoms with Crippen LogP contribution in [0.5, 0.6) is 0 Å². The van der Waals surface area contributed by atoms with E-state index in [0.29, 0.717) is 18.1 Å². The van der Waals surface area contributed by atoms with Crippen molar-refractivity contribution in [3.8, 4) is 0 Å². The summed E-state index contributed by atoms with van der Waals surface area (Å²) in [5, 5.41) is 3.40. The molecule has 0 amide bonds. The quantitative estimate of drug-likeness (QED) is 0.882. The molecule has 0 radical (unpaired) electrons. The molecule has 98 valence electrons. The summed E-state index contributed by atoms with van der Waals surface area (Å²) in [5.41, 5.74) is 1.35. The van der Waals surface area contributed by atoms with Crippen molar-refractivity contribution in [2.75, 3.05) is 0 Å². The van der Waals surface area contributed by atoms with E-state index in [9.17, 15) is 4.39 Å². The molecule has 0 aliphatic carbocycles. The van der Waals surface area contributed by atoms with Crippen molar-refractivity contribution in [1.82, 2.24) is 14.9 Å². The van der Waals surface area contributed by atoms with Crippen LogP contribution in [-0.2, 0) is 13.1 Å². The SMILES string of the molecule is CCC(C)NCc1nc2c(F)cccc2n1CC. The third-order valence-corrected chi connectivity index (χ3v) is 3.35. The molecule has 1 N–H and O–H groups in total. The van der Waals surface area contributed by atoms with Crippen LogP contribution in [0.4, 0.5) is 4.39 Å². The molecule has 0 aliphatic rings. The van der Waals surface area contributed by atoms with Crippen molar-refractivity contribution < 1.29 is 4.39 Å². The van der Waals surface area contributed by atoms with Gasteiger partial charge in [0.1, 0.15) is 11.3 Å². The summed E-state index contributed by atoms with van der Waals surface area (Å²) >= 11 is 0. The van der Waals surface area contributed by atoms with Gasteiger partial charge in [0.15, 0.2) is 5.82 Å². The molecule has 3 nitrogen and oxygen atoms in total. The van der Waals surface area contributed by atoms with Gasteiger partial charge >= 0.3 is 0 Å². The second kappa shape index (κ2) is 5.48. The second-order valence-electron chi connectivity index (χ2n) is 4.57. The Morgan fingerprint density at radius 3 is 2.83 bits per heavy atom. The predicted octanol–water partition coefficient (Wildman–Crippen LogP) is 3.08. The first-order chi connectivity index (χ1) is 8.67. The minimum Gasteiger partial charge on any atom is -0.327 e. The molecule has 1 unspecified atom stereocenters. The molecular formula is C14H20FN3. The fourth-order valence-corrected chi connectivity index (χ4v) is 2.06. The van der Waals surface area contributed by atoms with E-state index >= 15 is 0 Å². The minimum atomic E-state index is -0.246. The lowest BCUT2D eigenvalue weighted by Gasteiger charge is -2.11. The van der Waals surface area contributed by atoms with Crippen molar-refractivity contribution >= 4 is 11.0 Å². The summed E-state index contributed by atoms with van der Waals surface area (Å²) in [4.78, 5) is 4.41. The Bertz CT molecular complexity index is 533. The van der Waals surface area contributed by atoms with Gasteiger partial charge in [0.05, 0.1) is 12.1 Å². The van der Waals surface area contributed by atoms with Crippen molar-refractivity contribution in [1.29, 1.82) is 0 Å². The third kappa shape index (κ3) is 2.38. The molecule has 0 aliphatic heterocycles. The number of nitrogens with one attached hydrogen (secondary N) is 1. The second-order valence-corrected chi connectivity index (χ2v) is 4.57. The van der Waals surface area contributed by atoms with Gasteiger partial charge in [0, 0.05) is 12.6 Å². The summed E-state index contributed by atoms with van der Waals surface area (Å²) in [7, 11) is 0. The maximum absolute atomic E-state index is 13.7. The van der Waals surface area contributed by atoms with Crippen LogP contribution in [0.15, 0.2) is 18.2 Å². The Balaban J connectivity index is 2.35. The molecule has 1 aromatic carbocycles. The molecule has 0 bridgehead atoms. The minimum absolute atomic E-state index is 0.246. The van der Waals surface area contributed by atoms with E-state index in [2.05, 4.69) is 35.6 Å².